The van der Waals surface area contributed by atoms with Crippen molar-refractivity contribution < 1.29 is 9.59 Å². The van der Waals surface area contributed by atoms with Crippen molar-refractivity contribution in [1.29, 1.82) is 0 Å². The summed E-state index contributed by atoms with van der Waals surface area (Å²) in [5, 5.41) is 8.64. The summed E-state index contributed by atoms with van der Waals surface area (Å²) in [6.07, 6.45) is 5.83. The Balaban J connectivity index is 1.49. The van der Waals surface area contributed by atoms with Gasteiger partial charge in [-0.15, -0.1) is 0 Å². The summed E-state index contributed by atoms with van der Waals surface area (Å²) >= 11 is 0. The summed E-state index contributed by atoms with van der Waals surface area (Å²) in [6.45, 7) is 6.17. The number of hydrogen-bond acceptors (Lipinski definition) is 6. The quantitative estimate of drug-likeness (QED) is 0.338. The minimum atomic E-state index is -0.422. The Hall–Kier alpha value is -4.14. The minimum absolute atomic E-state index is 0.107. The van der Waals surface area contributed by atoms with Gasteiger partial charge < -0.3 is 25.8 Å². The van der Waals surface area contributed by atoms with E-state index in [1.807, 2.05) is 18.2 Å². The number of rotatable bonds is 9. The molecule has 9 nitrogen and oxygen atoms in total. The lowest BCUT2D eigenvalue weighted by molar-refractivity contribution is -0.121. The van der Waals surface area contributed by atoms with E-state index in [0.29, 0.717) is 35.0 Å². The van der Waals surface area contributed by atoms with Crippen LogP contribution in [0.2, 0.25) is 0 Å². The molecule has 3 heterocycles. The molecule has 3 aromatic rings. The molecule has 4 N–H and O–H groups in total. The molecule has 0 radical (unpaired) electrons. The van der Waals surface area contributed by atoms with E-state index in [0.717, 1.165) is 18.8 Å². The zero-order valence-electron chi connectivity index (χ0n) is 22.2. The van der Waals surface area contributed by atoms with E-state index in [2.05, 4.69) is 44.7 Å². The zero-order chi connectivity index (χ0) is 27.1. The van der Waals surface area contributed by atoms with E-state index in [-0.39, 0.29) is 17.5 Å². The second-order valence-corrected chi connectivity index (χ2v) is 10.0. The van der Waals surface area contributed by atoms with Crippen LogP contribution < -0.4 is 26.4 Å². The van der Waals surface area contributed by atoms with Gasteiger partial charge in [-0.2, -0.15) is 0 Å². The van der Waals surface area contributed by atoms with E-state index < -0.39 is 11.6 Å². The third-order valence-corrected chi connectivity index (χ3v) is 6.64. The van der Waals surface area contributed by atoms with Gasteiger partial charge in [-0.25, -0.2) is 4.98 Å². The standard InChI is InChI=1S/C29H36N6O3/c1-19(2)16-24(28(37)30-3)33-26-9-7-8-23(32-26)21-17-25(29(38)31-18-21)34-27(36)20-10-12-22(13-11-20)35-14-5-4-6-15-35/h7-13,17-19,24H,4-6,14-16H2,1-3H3,(H,30,37)(H,31,38)(H,32,33)(H,34,36)/t24-/m1/s1. The Morgan fingerprint density at radius 2 is 1.79 bits per heavy atom. The molecule has 2 amide bonds. The lowest BCUT2D eigenvalue weighted by Gasteiger charge is -2.28. The van der Waals surface area contributed by atoms with Crippen LogP contribution in [0.4, 0.5) is 17.2 Å². The van der Waals surface area contributed by atoms with Crippen LogP contribution in [0.1, 0.15) is 49.9 Å². The zero-order valence-corrected chi connectivity index (χ0v) is 22.2. The summed E-state index contributed by atoms with van der Waals surface area (Å²) in [5.41, 5.74) is 2.53. The third-order valence-electron chi connectivity index (χ3n) is 6.64. The van der Waals surface area contributed by atoms with Crippen LogP contribution in [-0.2, 0) is 4.79 Å². The van der Waals surface area contributed by atoms with Crippen LogP contribution >= 0.6 is 0 Å². The first-order valence-corrected chi connectivity index (χ1v) is 13.2. The molecule has 1 atom stereocenters. The van der Waals surface area contributed by atoms with Crippen molar-refractivity contribution in [2.45, 2.75) is 45.6 Å². The van der Waals surface area contributed by atoms with Crippen LogP contribution in [0.5, 0.6) is 0 Å². The number of benzene rings is 1. The summed E-state index contributed by atoms with van der Waals surface area (Å²) < 4.78 is 0. The number of amides is 2. The predicted octanol–water partition coefficient (Wildman–Crippen LogP) is 4.25. The van der Waals surface area contributed by atoms with E-state index in [1.165, 1.54) is 19.3 Å². The van der Waals surface area contributed by atoms with Gasteiger partial charge in [0.25, 0.3) is 11.5 Å². The fourth-order valence-corrected chi connectivity index (χ4v) is 4.63. The van der Waals surface area contributed by atoms with Gasteiger partial charge in [-0.1, -0.05) is 19.9 Å². The van der Waals surface area contributed by atoms with Crippen molar-refractivity contribution in [3.63, 3.8) is 0 Å². The highest BCUT2D eigenvalue weighted by Crippen LogP contribution is 2.23. The van der Waals surface area contributed by atoms with Gasteiger partial charge in [0.15, 0.2) is 0 Å². The first-order chi connectivity index (χ1) is 18.3. The number of carbonyl (C=O) groups excluding carboxylic acids is 2. The molecule has 1 aromatic carbocycles. The number of likely N-dealkylation sites (N-methyl/N-ethyl adjacent to an activating group) is 1. The van der Waals surface area contributed by atoms with Crippen LogP contribution in [0.15, 0.2) is 59.5 Å². The van der Waals surface area contributed by atoms with Gasteiger partial charge in [0.2, 0.25) is 5.91 Å². The minimum Gasteiger partial charge on any atom is -0.372 e. The highest BCUT2D eigenvalue weighted by molar-refractivity contribution is 6.04. The van der Waals surface area contributed by atoms with Crippen molar-refractivity contribution in [3.8, 4) is 11.3 Å². The number of nitrogens with zero attached hydrogens (tertiary/aromatic N) is 2. The monoisotopic (exact) mass is 516 g/mol. The second kappa shape index (κ2) is 12.4. The maximum absolute atomic E-state index is 12.9. The molecule has 1 saturated heterocycles. The number of piperidine rings is 1. The number of hydrogen-bond donors (Lipinski definition) is 4. The summed E-state index contributed by atoms with van der Waals surface area (Å²) in [4.78, 5) is 47.4. The Bertz CT molecular complexity index is 1310. The Labute approximate surface area is 223 Å². The molecule has 38 heavy (non-hydrogen) atoms. The average Bonchev–Trinajstić information content (AvgIpc) is 2.94. The number of H-pyrrole nitrogens is 1. The van der Waals surface area contributed by atoms with Gasteiger partial charge in [0.1, 0.15) is 17.5 Å². The highest BCUT2D eigenvalue weighted by atomic mass is 16.2. The molecule has 1 aliphatic rings. The SMILES string of the molecule is CNC(=O)[C@@H](CC(C)C)Nc1cccc(-c2c[nH]c(=O)c(NC(=O)c3ccc(N4CCCCC4)cc3)c2)n1. The van der Waals surface area contributed by atoms with E-state index in [9.17, 15) is 14.4 Å². The number of aromatic amines is 1. The van der Waals surface area contributed by atoms with Gasteiger partial charge in [0, 0.05) is 43.1 Å². The van der Waals surface area contributed by atoms with Gasteiger partial charge in [0.05, 0.1) is 5.69 Å². The van der Waals surface area contributed by atoms with Crippen molar-refractivity contribution >= 4 is 29.0 Å². The molecule has 200 valence electrons. The smallest absolute Gasteiger partial charge is 0.271 e. The normalized spacial score (nSPS) is 14.2. The van der Waals surface area contributed by atoms with E-state index in [4.69, 9.17) is 0 Å². The van der Waals surface area contributed by atoms with E-state index in [1.54, 1.807) is 43.6 Å². The Morgan fingerprint density at radius 1 is 1.05 bits per heavy atom. The number of pyridine rings is 2. The molecular weight excluding hydrogens is 480 g/mol. The first-order valence-electron chi connectivity index (χ1n) is 13.2. The fourth-order valence-electron chi connectivity index (χ4n) is 4.63. The predicted molar refractivity (Wildman–Crippen MR) is 152 cm³/mol. The number of aromatic nitrogens is 2. The number of anilines is 3. The van der Waals surface area contributed by atoms with Crippen LogP contribution in [0.25, 0.3) is 11.3 Å². The molecule has 0 unspecified atom stereocenters. The van der Waals surface area contributed by atoms with Crippen LogP contribution in [-0.4, -0.2) is 48.0 Å². The number of nitrogens with one attached hydrogen (secondary N) is 4. The molecule has 0 spiro atoms. The van der Waals surface area contributed by atoms with Crippen molar-refractivity contribution in [2.24, 2.45) is 5.92 Å². The molecule has 1 aliphatic heterocycles. The van der Waals surface area contributed by atoms with Crippen molar-refractivity contribution in [1.82, 2.24) is 15.3 Å². The van der Waals surface area contributed by atoms with Crippen LogP contribution in [0.3, 0.4) is 0 Å². The van der Waals surface area contributed by atoms with E-state index >= 15 is 0 Å². The van der Waals surface area contributed by atoms with Gasteiger partial charge in [-0.05, 0) is 74.1 Å². The first kappa shape index (κ1) is 26.9. The molecule has 1 fully saturated rings. The molecule has 0 saturated carbocycles. The van der Waals surface area contributed by atoms with Crippen LogP contribution in [0, 0.1) is 5.92 Å². The Morgan fingerprint density at radius 3 is 2.47 bits per heavy atom. The van der Waals surface area contributed by atoms with Gasteiger partial charge >= 0.3 is 0 Å². The lowest BCUT2D eigenvalue weighted by atomic mass is 10.0. The molecule has 0 bridgehead atoms. The maximum atomic E-state index is 12.9. The molecule has 4 rings (SSSR count). The van der Waals surface area contributed by atoms with Crippen molar-refractivity contribution in [3.05, 3.63) is 70.6 Å². The molecule has 9 heteroatoms. The topological polar surface area (TPSA) is 119 Å². The molecule has 2 aromatic heterocycles. The third kappa shape index (κ3) is 6.79. The second-order valence-electron chi connectivity index (χ2n) is 10.0. The number of carbonyl (C=O) groups is 2. The largest absolute Gasteiger partial charge is 0.372 e. The summed E-state index contributed by atoms with van der Waals surface area (Å²) in [5.74, 6) is 0.397. The summed E-state index contributed by atoms with van der Waals surface area (Å²) in [6, 6.07) is 14.1. The maximum Gasteiger partial charge on any atom is 0.271 e. The fraction of sp³-hybridized carbons (Fsp3) is 0.379. The molecular formula is C29H36N6O3. The Kier molecular flexibility index (Phi) is 8.78. The summed E-state index contributed by atoms with van der Waals surface area (Å²) in [7, 11) is 1.61. The highest BCUT2D eigenvalue weighted by Gasteiger charge is 2.19. The van der Waals surface area contributed by atoms with Crippen molar-refractivity contribution in [2.75, 3.05) is 35.7 Å². The molecule has 0 aliphatic carbocycles. The average molecular weight is 517 g/mol. The van der Waals surface area contributed by atoms with Gasteiger partial charge in [-0.3, -0.25) is 14.4 Å². The lowest BCUT2D eigenvalue weighted by Crippen LogP contribution is -2.38.